The van der Waals surface area contributed by atoms with Crippen LogP contribution in [0.3, 0.4) is 0 Å². The minimum atomic E-state index is 0.185. The lowest BCUT2D eigenvalue weighted by Gasteiger charge is -2.32. The number of ether oxygens (including phenoxy) is 1. The average Bonchev–Trinajstić information content (AvgIpc) is 2.50. The van der Waals surface area contributed by atoms with Crippen molar-refractivity contribution in [3.8, 4) is 0 Å². The molecule has 0 saturated carbocycles. The minimum absolute atomic E-state index is 0.185. The molecule has 5 nitrogen and oxygen atoms in total. The second-order valence-electron chi connectivity index (χ2n) is 6.38. The number of hydrogen-bond donors (Lipinski definition) is 2. The van der Waals surface area contributed by atoms with Crippen LogP contribution in [0.25, 0.3) is 0 Å². The standard InChI is InChI=1S/C16H31N3O2/c1-2-7-17-12-14-3-8-19(9-4-14)13-16(20)18-15-5-10-21-11-6-15/h14-15,17H,2-13H2,1H3,(H,18,20). The molecule has 5 heteroatoms. The predicted molar refractivity (Wildman–Crippen MR) is 84.3 cm³/mol. The third-order valence-corrected chi connectivity index (χ3v) is 4.52. The van der Waals surface area contributed by atoms with Gasteiger partial charge < -0.3 is 15.4 Å². The van der Waals surface area contributed by atoms with E-state index in [0.717, 1.165) is 58.2 Å². The monoisotopic (exact) mass is 297 g/mol. The summed E-state index contributed by atoms with van der Waals surface area (Å²) in [5, 5.41) is 6.65. The molecular formula is C16H31N3O2. The first-order chi connectivity index (χ1) is 10.3. The van der Waals surface area contributed by atoms with Gasteiger partial charge >= 0.3 is 0 Å². The van der Waals surface area contributed by atoms with Crippen molar-refractivity contribution in [1.29, 1.82) is 0 Å². The molecule has 0 spiro atoms. The van der Waals surface area contributed by atoms with Gasteiger partial charge in [-0.15, -0.1) is 0 Å². The zero-order chi connectivity index (χ0) is 14.9. The second kappa shape index (κ2) is 9.38. The Morgan fingerprint density at radius 3 is 2.57 bits per heavy atom. The molecule has 2 aliphatic rings. The van der Waals surface area contributed by atoms with E-state index in [1.54, 1.807) is 0 Å². The predicted octanol–water partition coefficient (Wildman–Crippen LogP) is 0.993. The van der Waals surface area contributed by atoms with Gasteiger partial charge in [-0.1, -0.05) is 6.92 Å². The molecule has 2 fully saturated rings. The topological polar surface area (TPSA) is 53.6 Å². The molecule has 2 saturated heterocycles. The summed E-state index contributed by atoms with van der Waals surface area (Å²) in [5.41, 5.74) is 0. The summed E-state index contributed by atoms with van der Waals surface area (Å²) in [5.74, 6) is 0.968. The Hall–Kier alpha value is -0.650. The number of piperidine rings is 1. The molecule has 1 amide bonds. The van der Waals surface area contributed by atoms with Gasteiger partial charge in [0.2, 0.25) is 5.91 Å². The van der Waals surface area contributed by atoms with Crippen LogP contribution in [0.4, 0.5) is 0 Å². The number of rotatable bonds is 7. The average molecular weight is 297 g/mol. The Balaban J connectivity index is 1.58. The smallest absolute Gasteiger partial charge is 0.234 e. The van der Waals surface area contributed by atoms with E-state index < -0.39 is 0 Å². The lowest BCUT2D eigenvalue weighted by molar-refractivity contribution is -0.123. The van der Waals surface area contributed by atoms with Gasteiger partial charge in [-0.2, -0.15) is 0 Å². The molecule has 122 valence electrons. The number of nitrogens with one attached hydrogen (secondary N) is 2. The Labute approximate surface area is 128 Å². The molecular weight excluding hydrogens is 266 g/mol. The molecule has 0 aromatic carbocycles. The van der Waals surface area contributed by atoms with Gasteiger partial charge in [0.25, 0.3) is 0 Å². The van der Waals surface area contributed by atoms with Crippen molar-refractivity contribution in [2.45, 2.75) is 45.1 Å². The Bertz CT molecular complexity index is 298. The highest BCUT2D eigenvalue weighted by Gasteiger charge is 2.22. The number of likely N-dealkylation sites (tertiary alicyclic amines) is 1. The zero-order valence-electron chi connectivity index (χ0n) is 13.4. The Kier molecular flexibility index (Phi) is 7.47. The van der Waals surface area contributed by atoms with Gasteiger partial charge in [0.15, 0.2) is 0 Å². The number of amides is 1. The van der Waals surface area contributed by atoms with Crippen molar-refractivity contribution in [3.05, 3.63) is 0 Å². The molecule has 2 N–H and O–H groups in total. The van der Waals surface area contributed by atoms with Crippen molar-refractivity contribution in [1.82, 2.24) is 15.5 Å². The summed E-state index contributed by atoms with van der Waals surface area (Å²) < 4.78 is 5.32. The summed E-state index contributed by atoms with van der Waals surface area (Å²) in [6, 6.07) is 0.321. The highest BCUT2D eigenvalue weighted by Crippen LogP contribution is 2.16. The van der Waals surface area contributed by atoms with Gasteiger partial charge in [0, 0.05) is 19.3 Å². The highest BCUT2D eigenvalue weighted by atomic mass is 16.5. The van der Waals surface area contributed by atoms with Crippen LogP contribution in [0.1, 0.15) is 39.0 Å². The van der Waals surface area contributed by atoms with Crippen LogP contribution in [0.15, 0.2) is 0 Å². The van der Waals surface area contributed by atoms with E-state index >= 15 is 0 Å². The molecule has 0 atom stereocenters. The number of nitrogens with zero attached hydrogens (tertiary/aromatic N) is 1. The first kappa shape index (κ1) is 16.7. The van der Waals surface area contributed by atoms with Crippen LogP contribution < -0.4 is 10.6 Å². The van der Waals surface area contributed by atoms with Crippen molar-refractivity contribution in [2.75, 3.05) is 45.9 Å². The first-order valence-corrected chi connectivity index (χ1v) is 8.58. The van der Waals surface area contributed by atoms with Crippen LogP contribution in [-0.4, -0.2) is 62.8 Å². The van der Waals surface area contributed by atoms with E-state index in [-0.39, 0.29) is 5.91 Å². The van der Waals surface area contributed by atoms with Crippen molar-refractivity contribution in [3.63, 3.8) is 0 Å². The van der Waals surface area contributed by atoms with Crippen LogP contribution in [0.2, 0.25) is 0 Å². The largest absolute Gasteiger partial charge is 0.381 e. The van der Waals surface area contributed by atoms with Crippen LogP contribution in [0, 0.1) is 5.92 Å². The molecule has 0 aliphatic carbocycles. The van der Waals surface area contributed by atoms with Crippen LogP contribution >= 0.6 is 0 Å². The fourth-order valence-corrected chi connectivity index (χ4v) is 3.15. The maximum atomic E-state index is 12.1. The number of carbonyl (C=O) groups excluding carboxylic acids is 1. The fraction of sp³-hybridized carbons (Fsp3) is 0.938. The van der Waals surface area contributed by atoms with E-state index in [2.05, 4.69) is 22.5 Å². The van der Waals surface area contributed by atoms with Crippen molar-refractivity contribution in [2.24, 2.45) is 5.92 Å². The summed E-state index contributed by atoms with van der Waals surface area (Å²) in [7, 11) is 0. The highest BCUT2D eigenvalue weighted by molar-refractivity contribution is 5.78. The third-order valence-electron chi connectivity index (χ3n) is 4.52. The summed E-state index contributed by atoms with van der Waals surface area (Å²) in [4.78, 5) is 14.4. The molecule has 0 radical (unpaired) electrons. The molecule has 2 rings (SSSR count). The lowest BCUT2D eigenvalue weighted by Crippen LogP contribution is -2.46. The first-order valence-electron chi connectivity index (χ1n) is 8.58. The molecule has 0 unspecified atom stereocenters. The fourth-order valence-electron chi connectivity index (χ4n) is 3.15. The van der Waals surface area contributed by atoms with Crippen LogP contribution in [-0.2, 0) is 9.53 Å². The quantitative estimate of drug-likeness (QED) is 0.688. The molecule has 21 heavy (non-hydrogen) atoms. The normalized spacial score (nSPS) is 22.3. The summed E-state index contributed by atoms with van der Waals surface area (Å²) in [6.07, 6.45) is 5.53. The van der Waals surface area contributed by atoms with E-state index in [9.17, 15) is 4.79 Å². The number of carbonyl (C=O) groups is 1. The minimum Gasteiger partial charge on any atom is -0.381 e. The van der Waals surface area contributed by atoms with E-state index in [1.807, 2.05) is 0 Å². The number of hydrogen-bond acceptors (Lipinski definition) is 4. The Morgan fingerprint density at radius 1 is 1.19 bits per heavy atom. The van der Waals surface area contributed by atoms with Gasteiger partial charge in [-0.25, -0.2) is 0 Å². The molecule has 0 aromatic heterocycles. The van der Waals surface area contributed by atoms with Crippen molar-refractivity contribution >= 4 is 5.91 Å². The summed E-state index contributed by atoms with van der Waals surface area (Å²) >= 11 is 0. The van der Waals surface area contributed by atoms with Crippen molar-refractivity contribution < 1.29 is 9.53 Å². The third kappa shape index (κ3) is 6.32. The lowest BCUT2D eigenvalue weighted by atomic mass is 9.97. The second-order valence-corrected chi connectivity index (χ2v) is 6.38. The summed E-state index contributed by atoms with van der Waals surface area (Å²) in [6.45, 7) is 8.68. The van der Waals surface area contributed by atoms with E-state index in [4.69, 9.17) is 4.74 Å². The zero-order valence-corrected chi connectivity index (χ0v) is 13.4. The molecule has 2 heterocycles. The maximum absolute atomic E-state index is 12.1. The molecule has 0 bridgehead atoms. The Morgan fingerprint density at radius 2 is 1.90 bits per heavy atom. The van der Waals surface area contributed by atoms with Crippen LogP contribution in [0.5, 0.6) is 0 Å². The molecule has 2 aliphatic heterocycles. The SMILES string of the molecule is CCCNCC1CCN(CC(=O)NC2CCOCC2)CC1. The van der Waals surface area contributed by atoms with Gasteiger partial charge in [-0.3, -0.25) is 9.69 Å². The maximum Gasteiger partial charge on any atom is 0.234 e. The van der Waals surface area contributed by atoms with Gasteiger partial charge in [0.1, 0.15) is 0 Å². The molecule has 0 aromatic rings. The van der Waals surface area contributed by atoms with Gasteiger partial charge in [0.05, 0.1) is 6.54 Å². The van der Waals surface area contributed by atoms with Gasteiger partial charge in [-0.05, 0) is 64.2 Å². The van der Waals surface area contributed by atoms with E-state index in [1.165, 1.54) is 19.3 Å². The van der Waals surface area contributed by atoms with E-state index in [0.29, 0.717) is 12.6 Å².